The molecule has 1 atom stereocenters. The third kappa shape index (κ3) is 2.41. The van der Waals surface area contributed by atoms with Crippen molar-refractivity contribution in [2.24, 2.45) is 0 Å². The zero-order valence-corrected chi connectivity index (χ0v) is 11.7. The second kappa shape index (κ2) is 5.41. The predicted octanol–water partition coefficient (Wildman–Crippen LogP) is 1.61. The van der Waals surface area contributed by atoms with Gasteiger partial charge in [-0.3, -0.25) is 9.59 Å². The van der Waals surface area contributed by atoms with Crippen LogP contribution < -0.4 is 10.2 Å². The molecule has 1 aliphatic heterocycles. The Morgan fingerprint density at radius 1 is 1.05 bits per heavy atom. The van der Waals surface area contributed by atoms with Gasteiger partial charge in [0, 0.05) is 6.20 Å². The van der Waals surface area contributed by atoms with Gasteiger partial charge in [-0.05, 0) is 29.9 Å². The van der Waals surface area contributed by atoms with Crippen molar-refractivity contribution < 1.29 is 9.59 Å². The van der Waals surface area contributed by atoms with E-state index >= 15 is 0 Å². The summed E-state index contributed by atoms with van der Waals surface area (Å²) in [6.45, 7) is 0. The number of hydrogen-bond acceptors (Lipinski definition) is 4. The number of aromatic nitrogens is 1. The maximum atomic E-state index is 12.7. The number of nitrogens with one attached hydrogen (secondary N) is 1. The molecule has 1 fully saturated rings. The van der Waals surface area contributed by atoms with Crippen LogP contribution in [0.25, 0.3) is 0 Å². The molecule has 1 saturated heterocycles. The minimum absolute atomic E-state index is 0.0517. The molecule has 0 radical (unpaired) electrons. The van der Waals surface area contributed by atoms with E-state index in [1.165, 1.54) is 4.90 Å². The number of pyridine rings is 1. The Morgan fingerprint density at radius 2 is 1.76 bits per heavy atom. The number of carbonyl (C=O) groups is 2. The van der Waals surface area contributed by atoms with Crippen molar-refractivity contribution in [3.05, 3.63) is 60.3 Å². The molecule has 1 N–H and O–H groups in total. The predicted molar refractivity (Wildman–Crippen MR) is 81.6 cm³/mol. The Labute approximate surface area is 126 Å². The highest BCUT2D eigenvalue weighted by Crippen LogP contribution is 2.25. The van der Waals surface area contributed by atoms with Crippen molar-refractivity contribution in [2.45, 2.75) is 5.92 Å². The van der Waals surface area contributed by atoms with Gasteiger partial charge < -0.3 is 5.32 Å². The fraction of sp³-hybridized carbons (Fsp3) is 0.0667. The van der Waals surface area contributed by atoms with E-state index in [1.807, 2.05) is 6.07 Å². The van der Waals surface area contributed by atoms with Gasteiger partial charge in [0.2, 0.25) is 5.91 Å². The molecule has 0 aliphatic carbocycles. The van der Waals surface area contributed by atoms with E-state index in [0.717, 1.165) is 0 Å². The minimum atomic E-state index is -0.917. The molecule has 1 aromatic carbocycles. The highest BCUT2D eigenvalue weighted by atomic mass is 32.1. The number of benzene rings is 1. The van der Waals surface area contributed by atoms with Crippen molar-refractivity contribution in [1.29, 1.82) is 0 Å². The number of rotatable bonds is 2. The molecule has 1 aromatic heterocycles. The Kier molecular flexibility index (Phi) is 3.45. The van der Waals surface area contributed by atoms with Crippen molar-refractivity contribution in [1.82, 2.24) is 10.3 Å². The van der Waals surface area contributed by atoms with Crippen LogP contribution in [0.4, 0.5) is 5.82 Å². The van der Waals surface area contributed by atoms with Crippen molar-refractivity contribution in [3.8, 4) is 0 Å². The zero-order valence-electron chi connectivity index (χ0n) is 10.9. The molecule has 104 valence electrons. The van der Waals surface area contributed by atoms with Gasteiger partial charge in [0.25, 0.3) is 5.91 Å². The summed E-state index contributed by atoms with van der Waals surface area (Å²) in [4.78, 5) is 30.2. The van der Waals surface area contributed by atoms with Crippen LogP contribution in [0.3, 0.4) is 0 Å². The molecule has 2 aromatic rings. The van der Waals surface area contributed by atoms with E-state index in [0.29, 0.717) is 11.4 Å². The summed E-state index contributed by atoms with van der Waals surface area (Å²) in [5, 5.41) is 2.62. The molecule has 1 unspecified atom stereocenters. The summed E-state index contributed by atoms with van der Waals surface area (Å²) in [5.74, 6) is -1.33. The molecule has 1 aliphatic rings. The molecule has 5 nitrogen and oxygen atoms in total. The second-order valence-electron chi connectivity index (χ2n) is 4.50. The van der Waals surface area contributed by atoms with E-state index < -0.39 is 17.7 Å². The van der Waals surface area contributed by atoms with Crippen molar-refractivity contribution in [3.63, 3.8) is 0 Å². The fourth-order valence-electron chi connectivity index (χ4n) is 2.22. The number of anilines is 1. The van der Waals surface area contributed by atoms with Gasteiger partial charge in [0.15, 0.2) is 5.11 Å². The fourth-order valence-corrected chi connectivity index (χ4v) is 2.50. The van der Waals surface area contributed by atoms with Crippen LogP contribution in [0.1, 0.15) is 11.5 Å². The Hall–Kier alpha value is -2.60. The Morgan fingerprint density at radius 3 is 2.43 bits per heavy atom. The zero-order chi connectivity index (χ0) is 14.8. The SMILES string of the molecule is O=C1NC(=S)N(c2ccccn2)C(=O)C1c1ccccc1. The quantitative estimate of drug-likeness (QED) is 0.676. The van der Waals surface area contributed by atoms with E-state index in [9.17, 15) is 9.59 Å². The van der Waals surface area contributed by atoms with Gasteiger partial charge in [0.05, 0.1) is 0 Å². The van der Waals surface area contributed by atoms with Crippen LogP contribution in [-0.2, 0) is 9.59 Å². The van der Waals surface area contributed by atoms with Crippen molar-refractivity contribution >= 4 is 35.0 Å². The van der Waals surface area contributed by atoms with Crippen molar-refractivity contribution in [2.75, 3.05) is 4.90 Å². The van der Waals surface area contributed by atoms with Gasteiger partial charge in [-0.1, -0.05) is 36.4 Å². The molecular weight excluding hydrogens is 286 g/mol. The van der Waals surface area contributed by atoms with Crippen LogP contribution >= 0.6 is 12.2 Å². The van der Waals surface area contributed by atoms with E-state index in [1.54, 1.807) is 48.7 Å². The number of hydrogen-bond donors (Lipinski definition) is 1. The summed E-state index contributed by atoms with van der Waals surface area (Å²) in [6.07, 6.45) is 1.57. The third-order valence-corrected chi connectivity index (χ3v) is 3.46. The minimum Gasteiger partial charge on any atom is -0.301 e. The normalized spacial score (nSPS) is 18.6. The maximum Gasteiger partial charge on any atom is 0.251 e. The maximum absolute atomic E-state index is 12.7. The average Bonchev–Trinajstić information content (AvgIpc) is 2.49. The molecule has 21 heavy (non-hydrogen) atoms. The number of thiocarbonyl (C=S) groups is 1. The van der Waals surface area contributed by atoms with Gasteiger partial charge in [-0.15, -0.1) is 0 Å². The van der Waals surface area contributed by atoms with Gasteiger partial charge in [-0.25, -0.2) is 9.88 Å². The lowest BCUT2D eigenvalue weighted by molar-refractivity contribution is -0.130. The topological polar surface area (TPSA) is 62.3 Å². The summed E-state index contributed by atoms with van der Waals surface area (Å²) in [7, 11) is 0. The van der Waals surface area contributed by atoms with Gasteiger partial charge in [0.1, 0.15) is 11.7 Å². The van der Waals surface area contributed by atoms with Crippen LogP contribution in [-0.4, -0.2) is 21.9 Å². The van der Waals surface area contributed by atoms with E-state index in [2.05, 4.69) is 10.3 Å². The number of carbonyl (C=O) groups excluding carboxylic acids is 2. The summed E-state index contributed by atoms with van der Waals surface area (Å²) >= 11 is 5.10. The molecule has 6 heteroatoms. The first-order valence-electron chi connectivity index (χ1n) is 6.33. The Bertz CT molecular complexity index is 644. The molecule has 2 amide bonds. The van der Waals surface area contributed by atoms with Crippen LogP contribution in [0.5, 0.6) is 0 Å². The lowest BCUT2D eigenvalue weighted by Gasteiger charge is -2.31. The van der Waals surface area contributed by atoms with Crippen LogP contribution in [0, 0.1) is 0 Å². The monoisotopic (exact) mass is 297 g/mol. The molecule has 2 heterocycles. The summed E-state index contributed by atoms with van der Waals surface area (Å²) < 4.78 is 0. The Balaban J connectivity index is 2.02. The van der Waals surface area contributed by atoms with E-state index in [-0.39, 0.29) is 5.11 Å². The van der Waals surface area contributed by atoms with Crippen LogP contribution in [0.2, 0.25) is 0 Å². The summed E-state index contributed by atoms with van der Waals surface area (Å²) in [6, 6.07) is 14.1. The number of amides is 2. The van der Waals surface area contributed by atoms with E-state index in [4.69, 9.17) is 12.2 Å². The molecule has 0 spiro atoms. The lowest BCUT2D eigenvalue weighted by atomic mass is 9.95. The average molecular weight is 297 g/mol. The first-order chi connectivity index (χ1) is 10.2. The van der Waals surface area contributed by atoms with Crippen LogP contribution in [0.15, 0.2) is 54.7 Å². The third-order valence-electron chi connectivity index (χ3n) is 3.17. The lowest BCUT2D eigenvalue weighted by Crippen LogP contribution is -2.57. The largest absolute Gasteiger partial charge is 0.301 e. The first-order valence-corrected chi connectivity index (χ1v) is 6.74. The molecule has 0 saturated carbocycles. The molecule has 0 bridgehead atoms. The highest BCUT2D eigenvalue weighted by Gasteiger charge is 2.40. The first kappa shape index (κ1) is 13.4. The van der Waals surface area contributed by atoms with Gasteiger partial charge >= 0.3 is 0 Å². The molecule has 3 rings (SSSR count). The standard InChI is InChI=1S/C15H11N3O2S/c19-13-12(10-6-2-1-3-7-10)14(20)18(15(21)17-13)11-8-4-5-9-16-11/h1-9,12H,(H,17,19,21). The summed E-state index contributed by atoms with van der Waals surface area (Å²) in [5.41, 5.74) is 0.628. The van der Waals surface area contributed by atoms with Gasteiger partial charge in [-0.2, -0.15) is 0 Å². The smallest absolute Gasteiger partial charge is 0.251 e. The molecular formula is C15H11N3O2S. The second-order valence-corrected chi connectivity index (χ2v) is 4.89. The highest BCUT2D eigenvalue weighted by molar-refractivity contribution is 7.80. The number of nitrogens with zero attached hydrogens (tertiary/aromatic N) is 2.